The van der Waals surface area contributed by atoms with Crippen LogP contribution in [0.25, 0.3) is 0 Å². The lowest BCUT2D eigenvalue weighted by atomic mass is 9.74. The Labute approximate surface area is 160 Å². The van der Waals surface area contributed by atoms with Gasteiger partial charge in [-0.25, -0.2) is 9.97 Å². The first-order valence-electron chi connectivity index (χ1n) is 8.32. The molecule has 1 amide bonds. The number of aliphatic hydroxyl groups is 1. The number of nitrogens with zero attached hydrogens (tertiary/aromatic N) is 2. The summed E-state index contributed by atoms with van der Waals surface area (Å²) in [6, 6.07) is 4.93. The highest BCUT2D eigenvalue weighted by atomic mass is 35.5. The number of aromatic nitrogens is 2. The second-order valence-electron chi connectivity index (χ2n) is 6.68. The normalized spacial score (nSPS) is 29.8. The van der Waals surface area contributed by atoms with Crippen LogP contribution in [-0.2, 0) is 9.53 Å². The third-order valence-electron chi connectivity index (χ3n) is 5.00. The van der Waals surface area contributed by atoms with Gasteiger partial charge in [-0.05, 0) is 30.7 Å². The van der Waals surface area contributed by atoms with Crippen LogP contribution in [0, 0.1) is 12.8 Å². The highest BCUT2D eigenvalue weighted by Gasteiger charge is 2.57. The summed E-state index contributed by atoms with van der Waals surface area (Å²) in [6.45, 7) is 1.80. The fraction of sp³-hybridized carbons (Fsp3) is 0.389. The number of aliphatic hydroxyl groups excluding tert-OH is 1. The summed E-state index contributed by atoms with van der Waals surface area (Å²) in [5.74, 6) is -0.278. The van der Waals surface area contributed by atoms with Gasteiger partial charge in [0.15, 0.2) is 0 Å². The smallest absolute Gasteiger partial charge is 0.230 e. The molecule has 136 valence electrons. The fourth-order valence-electron chi connectivity index (χ4n) is 3.81. The van der Waals surface area contributed by atoms with Crippen molar-refractivity contribution in [3.63, 3.8) is 0 Å². The van der Waals surface area contributed by atoms with Crippen LogP contribution in [0.1, 0.15) is 23.7 Å². The number of benzene rings is 1. The predicted molar refractivity (Wildman–Crippen MR) is 97.4 cm³/mol. The van der Waals surface area contributed by atoms with Crippen LogP contribution in [-0.4, -0.2) is 39.3 Å². The van der Waals surface area contributed by atoms with Crippen molar-refractivity contribution < 1.29 is 14.6 Å². The zero-order valence-electron chi connectivity index (χ0n) is 13.9. The number of carbonyl (C=O) groups excluding carboxylic acids is 1. The van der Waals surface area contributed by atoms with Crippen molar-refractivity contribution >= 4 is 34.8 Å². The van der Waals surface area contributed by atoms with Crippen molar-refractivity contribution in [3.05, 3.63) is 52.0 Å². The van der Waals surface area contributed by atoms with Crippen molar-refractivity contribution in [2.24, 2.45) is 5.92 Å². The summed E-state index contributed by atoms with van der Waals surface area (Å²) in [7, 11) is 0. The van der Waals surface area contributed by atoms with E-state index in [0.29, 0.717) is 28.0 Å². The van der Waals surface area contributed by atoms with Crippen LogP contribution in [0.15, 0.2) is 30.6 Å². The standard InChI is InChI=1S/C18H17Cl2N3O3/c1-8-21-6-9(7-22-8)15-16(14-5-13(24)17(15)26-14)18(25)23-10-2-3-11(19)12(20)4-10/h2-4,6-7,13-17,24H,5H2,1H3,(H,23,25)/t13-,14+,15+,16+,17-/m0/s1. The Morgan fingerprint density at radius 1 is 1.27 bits per heavy atom. The number of amides is 1. The van der Waals surface area contributed by atoms with Crippen LogP contribution in [0.3, 0.4) is 0 Å². The van der Waals surface area contributed by atoms with E-state index in [9.17, 15) is 9.90 Å². The SMILES string of the molecule is Cc1ncc([C@H]2[C@H]3O[C@H](C[C@@H]3O)[C@H]2C(=O)Nc2ccc(Cl)c(Cl)c2)cn1. The van der Waals surface area contributed by atoms with Crippen molar-refractivity contribution in [2.45, 2.75) is 37.6 Å². The zero-order valence-corrected chi connectivity index (χ0v) is 15.4. The molecule has 1 aromatic heterocycles. The van der Waals surface area contributed by atoms with E-state index < -0.39 is 18.1 Å². The predicted octanol–water partition coefficient (Wildman–Crippen LogP) is 2.96. The summed E-state index contributed by atoms with van der Waals surface area (Å²) >= 11 is 11.9. The van der Waals surface area contributed by atoms with Gasteiger partial charge in [-0.15, -0.1) is 0 Å². The molecule has 2 saturated heterocycles. The quantitative estimate of drug-likeness (QED) is 0.836. The van der Waals surface area contributed by atoms with E-state index in [1.807, 2.05) is 0 Å². The number of halogens is 2. The molecule has 0 saturated carbocycles. The first kappa shape index (κ1) is 17.7. The number of nitrogens with one attached hydrogen (secondary N) is 1. The summed E-state index contributed by atoms with van der Waals surface area (Å²) < 4.78 is 5.88. The number of hydrogen-bond donors (Lipinski definition) is 2. The average Bonchev–Trinajstić information content (AvgIpc) is 3.16. The molecule has 2 fully saturated rings. The molecule has 2 N–H and O–H groups in total. The molecule has 2 aromatic rings. The minimum atomic E-state index is -0.597. The number of hydrogen-bond acceptors (Lipinski definition) is 5. The average molecular weight is 394 g/mol. The maximum Gasteiger partial charge on any atom is 0.230 e. The lowest BCUT2D eigenvalue weighted by Gasteiger charge is -2.29. The maximum atomic E-state index is 13.0. The van der Waals surface area contributed by atoms with Gasteiger partial charge in [-0.3, -0.25) is 4.79 Å². The van der Waals surface area contributed by atoms with Gasteiger partial charge in [-0.1, -0.05) is 23.2 Å². The minimum Gasteiger partial charge on any atom is -0.390 e. The molecule has 1 aromatic carbocycles. The molecule has 2 aliphatic heterocycles. The van der Waals surface area contributed by atoms with Gasteiger partial charge in [0.2, 0.25) is 5.91 Å². The summed E-state index contributed by atoms with van der Waals surface area (Å²) in [4.78, 5) is 21.4. The molecule has 2 bridgehead atoms. The van der Waals surface area contributed by atoms with Gasteiger partial charge < -0.3 is 15.2 Å². The van der Waals surface area contributed by atoms with Crippen molar-refractivity contribution in [3.8, 4) is 0 Å². The molecule has 4 rings (SSSR count). The third-order valence-corrected chi connectivity index (χ3v) is 5.74. The molecule has 6 nitrogen and oxygen atoms in total. The fourth-order valence-corrected chi connectivity index (χ4v) is 4.11. The Balaban J connectivity index is 1.61. The number of aryl methyl sites for hydroxylation is 1. The maximum absolute atomic E-state index is 13.0. The molecule has 3 heterocycles. The molecule has 0 spiro atoms. The van der Waals surface area contributed by atoms with E-state index in [1.54, 1.807) is 37.5 Å². The summed E-state index contributed by atoms with van der Waals surface area (Å²) in [6.07, 6.45) is 2.46. The van der Waals surface area contributed by atoms with E-state index in [0.717, 1.165) is 5.56 Å². The number of ether oxygens (including phenoxy) is 1. The Kier molecular flexibility index (Phi) is 4.61. The Morgan fingerprint density at radius 2 is 2.00 bits per heavy atom. The molecule has 26 heavy (non-hydrogen) atoms. The molecule has 8 heteroatoms. The van der Waals surface area contributed by atoms with Crippen molar-refractivity contribution in [1.82, 2.24) is 9.97 Å². The number of carbonyl (C=O) groups is 1. The minimum absolute atomic E-state index is 0.187. The van der Waals surface area contributed by atoms with Crippen LogP contribution < -0.4 is 5.32 Å². The second kappa shape index (κ2) is 6.78. The van der Waals surface area contributed by atoms with Crippen molar-refractivity contribution in [2.75, 3.05) is 5.32 Å². The first-order valence-corrected chi connectivity index (χ1v) is 9.07. The summed E-state index contributed by atoms with van der Waals surface area (Å²) in [5.41, 5.74) is 1.35. The Hall–Kier alpha value is -1.73. The van der Waals surface area contributed by atoms with E-state index >= 15 is 0 Å². The zero-order chi connectivity index (χ0) is 18.4. The highest BCUT2D eigenvalue weighted by molar-refractivity contribution is 6.42. The molecule has 0 unspecified atom stereocenters. The van der Waals surface area contributed by atoms with Gasteiger partial charge >= 0.3 is 0 Å². The molecular weight excluding hydrogens is 377 g/mol. The van der Waals surface area contributed by atoms with Gasteiger partial charge in [0.1, 0.15) is 5.82 Å². The number of rotatable bonds is 3. The van der Waals surface area contributed by atoms with Gasteiger partial charge in [0.25, 0.3) is 0 Å². The second-order valence-corrected chi connectivity index (χ2v) is 7.49. The number of fused-ring (bicyclic) bond motifs is 2. The van der Waals surface area contributed by atoms with E-state index in [4.69, 9.17) is 27.9 Å². The summed E-state index contributed by atoms with van der Waals surface area (Å²) in [5, 5.41) is 13.9. The Morgan fingerprint density at radius 3 is 2.69 bits per heavy atom. The molecular formula is C18H17Cl2N3O3. The van der Waals surface area contributed by atoms with E-state index in [1.165, 1.54) is 0 Å². The molecule has 5 atom stereocenters. The number of anilines is 1. The van der Waals surface area contributed by atoms with Crippen LogP contribution in [0.2, 0.25) is 10.0 Å². The largest absolute Gasteiger partial charge is 0.390 e. The van der Waals surface area contributed by atoms with Crippen molar-refractivity contribution in [1.29, 1.82) is 0 Å². The molecule has 0 radical (unpaired) electrons. The third kappa shape index (κ3) is 3.07. The lowest BCUT2D eigenvalue weighted by molar-refractivity contribution is -0.121. The van der Waals surface area contributed by atoms with Gasteiger partial charge in [-0.2, -0.15) is 0 Å². The van der Waals surface area contributed by atoms with E-state index in [-0.39, 0.29) is 17.9 Å². The van der Waals surface area contributed by atoms with Crippen LogP contribution in [0.4, 0.5) is 5.69 Å². The monoisotopic (exact) mass is 393 g/mol. The van der Waals surface area contributed by atoms with Crippen LogP contribution >= 0.6 is 23.2 Å². The molecule has 2 aliphatic rings. The van der Waals surface area contributed by atoms with Gasteiger partial charge in [0.05, 0.1) is 34.3 Å². The van der Waals surface area contributed by atoms with Gasteiger partial charge in [0, 0.05) is 30.4 Å². The highest BCUT2D eigenvalue weighted by Crippen LogP contribution is 2.49. The topological polar surface area (TPSA) is 84.3 Å². The molecule has 0 aliphatic carbocycles. The lowest BCUT2D eigenvalue weighted by Crippen LogP contribution is -2.41. The Bertz CT molecular complexity index is 846. The van der Waals surface area contributed by atoms with Crippen LogP contribution in [0.5, 0.6) is 0 Å². The van der Waals surface area contributed by atoms with E-state index in [2.05, 4.69) is 15.3 Å². The first-order chi connectivity index (χ1) is 12.4.